The molecule has 22 heavy (non-hydrogen) atoms. The number of carbonyl (C=O) groups is 1. The summed E-state index contributed by atoms with van der Waals surface area (Å²) < 4.78 is 0. The van der Waals surface area contributed by atoms with Gasteiger partial charge in [0.2, 0.25) is 5.91 Å². The van der Waals surface area contributed by atoms with Crippen molar-refractivity contribution in [2.75, 3.05) is 6.54 Å². The lowest BCUT2D eigenvalue weighted by Crippen LogP contribution is -2.42. The largest absolute Gasteiger partial charge is 0.352 e. The first-order valence-electron chi connectivity index (χ1n) is 8.14. The van der Waals surface area contributed by atoms with Crippen molar-refractivity contribution in [1.29, 1.82) is 0 Å². The Hall–Kier alpha value is -1.87. The summed E-state index contributed by atoms with van der Waals surface area (Å²) in [5.74, 6) is -0.109. The lowest BCUT2D eigenvalue weighted by Gasteiger charge is -2.20. The summed E-state index contributed by atoms with van der Waals surface area (Å²) in [5.41, 5.74) is 6.80. The Balaban J connectivity index is 2.07. The zero-order chi connectivity index (χ0) is 15.9. The second-order valence-electron chi connectivity index (χ2n) is 5.91. The molecule has 2 rings (SSSR count). The van der Waals surface area contributed by atoms with Crippen molar-refractivity contribution >= 4 is 16.7 Å². The average Bonchev–Trinajstić information content (AvgIpc) is 2.57. The number of nitrogens with one attached hydrogen (secondary N) is 1. The molecule has 0 aliphatic heterocycles. The molecule has 2 aromatic rings. The maximum Gasteiger partial charge on any atom is 0.227 e. The number of benzene rings is 2. The van der Waals surface area contributed by atoms with Gasteiger partial charge in [-0.15, -0.1) is 0 Å². The van der Waals surface area contributed by atoms with E-state index < -0.39 is 0 Å². The average molecular weight is 298 g/mol. The van der Waals surface area contributed by atoms with Gasteiger partial charge in [-0.3, -0.25) is 4.79 Å². The molecule has 0 radical (unpaired) electrons. The van der Waals surface area contributed by atoms with E-state index in [0.717, 1.165) is 24.8 Å². The Labute approximate surface area is 132 Å². The molecule has 118 valence electrons. The lowest BCUT2D eigenvalue weighted by molar-refractivity contribution is -0.122. The van der Waals surface area contributed by atoms with Crippen LogP contribution in [0.25, 0.3) is 10.8 Å². The number of carbonyl (C=O) groups excluding carboxylic acids is 1. The van der Waals surface area contributed by atoms with Crippen molar-refractivity contribution in [3.63, 3.8) is 0 Å². The van der Waals surface area contributed by atoms with Gasteiger partial charge in [-0.1, -0.05) is 62.2 Å². The third-order valence-corrected chi connectivity index (χ3v) is 4.20. The van der Waals surface area contributed by atoms with Crippen LogP contribution in [0.5, 0.6) is 0 Å². The molecule has 0 aliphatic rings. The third kappa shape index (κ3) is 4.08. The first-order chi connectivity index (χ1) is 10.7. The number of amides is 1. The maximum absolute atomic E-state index is 12.4. The number of rotatable bonds is 7. The molecule has 2 unspecified atom stereocenters. The number of fused-ring (bicyclic) bond motifs is 1. The predicted molar refractivity (Wildman–Crippen MR) is 92.9 cm³/mol. The number of nitrogens with two attached hydrogens (primary N) is 1. The monoisotopic (exact) mass is 298 g/mol. The van der Waals surface area contributed by atoms with Gasteiger partial charge in [0.1, 0.15) is 0 Å². The Morgan fingerprint density at radius 1 is 1.18 bits per heavy atom. The van der Waals surface area contributed by atoms with E-state index in [1.807, 2.05) is 25.1 Å². The zero-order valence-corrected chi connectivity index (χ0v) is 13.5. The van der Waals surface area contributed by atoms with Crippen LogP contribution in [0.1, 0.15) is 44.6 Å². The van der Waals surface area contributed by atoms with E-state index in [2.05, 4.69) is 36.5 Å². The van der Waals surface area contributed by atoms with Gasteiger partial charge in [0.05, 0.1) is 5.92 Å². The van der Waals surface area contributed by atoms with Crippen molar-refractivity contribution in [2.45, 2.75) is 45.1 Å². The number of hydrogen-bond donors (Lipinski definition) is 2. The van der Waals surface area contributed by atoms with E-state index in [-0.39, 0.29) is 17.9 Å². The van der Waals surface area contributed by atoms with Crippen molar-refractivity contribution in [1.82, 2.24) is 5.32 Å². The first-order valence-corrected chi connectivity index (χ1v) is 8.14. The lowest BCUT2D eigenvalue weighted by atomic mass is 9.96. The standard InChI is InChI=1S/C19H26N2O/c1-3-4-9-18(13-20)21-19(22)14(2)16-11-10-15-7-5-6-8-17(15)12-16/h5-8,10-12,14,18H,3-4,9,13,20H2,1-2H3,(H,21,22). The maximum atomic E-state index is 12.4. The highest BCUT2D eigenvalue weighted by molar-refractivity contribution is 5.87. The Morgan fingerprint density at radius 3 is 2.59 bits per heavy atom. The molecule has 3 heteroatoms. The van der Waals surface area contributed by atoms with Crippen molar-refractivity contribution in [3.05, 3.63) is 48.0 Å². The van der Waals surface area contributed by atoms with Crippen LogP contribution in [0.2, 0.25) is 0 Å². The second kappa shape index (κ2) is 7.95. The minimum absolute atomic E-state index is 0.0573. The van der Waals surface area contributed by atoms with Gasteiger partial charge in [0.15, 0.2) is 0 Å². The molecular formula is C19H26N2O. The molecule has 0 spiro atoms. The van der Waals surface area contributed by atoms with Crippen LogP contribution in [0.15, 0.2) is 42.5 Å². The van der Waals surface area contributed by atoms with Crippen molar-refractivity contribution < 1.29 is 4.79 Å². The van der Waals surface area contributed by atoms with Crippen LogP contribution in [0.3, 0.4) is 0 Å². The SMILES string of the molecule is CCCCC(CN)NC(=O)C(C)c1ccc2ccccc2c1. The fraction of sp³-hybridized carbons (Fsp3) is 0.421. The zero-order valence-electron chi connectivity index (χ0n) is 13.5. The summed E-state index contributed by atoms with van der Waals surface area (Å²) in [7, 11) is 0. The minimum Gasteiger partial charge on any atom is -0.352 e. The highest BCUT2D eigenvalue weighted by Gasteiger charge is 2.18. The summed E-state index contributed by atoms with van der Waals surface area (Å²) in [6, 6.07) is 14.5. The Kier molecular flexibility index (Phi) is 5.96. The molecule has 0 fully saturated rings. The van der Waals surface area contributed by atoms with Gasteiger partial charge >= 0.3 is 0 Å². The highest BCUT2D eigenvalue weighted by atomic mass is 16.1. The quantitative estimate of drug-likeness (QED) is 0.821. The molecule has 0 saturated carbocycles. The summed E-state index contributed by atoms with van der Waals surface area (Å²) in [6.45, 7) is 4.59. The van der Waals surface area contributed by atoms with Gasteiger partial charge in [0, 0.05) is 12.6 Å². The fourth-order valence-electron chi connectivity index (χ4n) is 2.65. The summed E-state index contributed by atoms with van der Waals surface area (Å²) >= 11 is 0. The smallest absolute Gasteiger partial charge is 0.227 e. The molecule has 2 aromatic carbocycles. The molecule has 0 aromatic heterocycles. The summed E-state index contributed by atoms with van der Waals surface area (Å²) in [4.78, 5) is 12.4. The first kappa shape index (κ1) is 16.5. The molecule has 3 N–H and O–H groups in total. The van der Waals surface area contributed by atoms with Crippen LogP contribution in [-0.4, -0.2) is 18.5 Å². The van der Waals surface area contributed by atoms with Crippen LogP contribution < -0.4 is 11.1 Å². The summed E-state index contributed by atoms with van der Waals surface area (Å²) in [6.07, 6.45) is 3.16. The molecular weight excluding hydrogens is 272 g/mol. The molecule has 0 aliphatic carbocycles. The molecule has 0 saturated heterocycles. The van der Waals surface area contributed by atoms with Crippen molar-refractivity contribution in [2.24, 2.45) is 5.73 Å². The Morgan fingerprint density at radius 2 is 1.91 bits per heavy atom. The van der Waals surface area contributed by atoms with E-state index >= 15 is 0 Å². The van der Waals surface area contributed by atoms with E-state index in [4.69, 9.17) is 5.73 Å². The van der Waals surface area contributed by atoms with Crippen LogP contribution >= 0.6 is 0 Å². The van der Waals surface area contributed by atoms with E-state index in [9.17, 15) is 4.79 Å². The summed E-state index contributed by atoms with van der Waals surface area (Å²) in [5, 5.41) is 5.45. The topological polar surface area (TPSA) is 55.1 Å². The molecule has 0 heterocycles. The van der Waals surface area contributed by atoms with Crippen LogP contribution in [-0.2, 0) is 4.79 Å². The van der Waals surface area contributed by atoms with Gasteiger partial charge < -0.3 is 11.1 Å². The number of unbranched alkanes of at least 4 members (excludes halogenated alkanes) is 1. The van der Waals surface area contributed by atoms with Gasteiger partial charge in [-0.05, 0) is 29.7 Å². The third-order valence-electron chi connectivity index (χ3n) is 4.20. The van der Waals surface area contributed by atoms with Gasteiger partial charge in [0.25, 0.3) is 0 Å². The van der Waals surface area contributed by atoms with Gasteiger partial charge in [-0.2, -0.15) is 0 Å². The minimum atomic E-state index is -0.166. The normalized spacial score (nSPS) is 13.8. The second-order valence-corrected chi connectivity index (χ2v) is 5.91. The number of hydrogen-bond acceptors (Lipinski definition) is 2. The van der Waals surface area contributed by atoms with E-state index in [1.165, 1.54) is 10.8 Å². The van der Waals surface area contributed by atoms with Gasteiger partial charge in [-0.25, -0.2) is 0 Å². The molecule has 0 bridgehead atoms. The molecule has 3 nitrogen and oxygen atoms in total. The van der Waals surface area contributed by atoms with E-state index in [0.29, 0.717) is 6.54 Å². The van der Waals surface area contributed by atoms with E-state index in [1.54, 1.807) is 0 Å². The van der Waals surface area contributed by atoms with Crippen molar-refractivity contribution in [3.8, 4) is 0 Å². The van der Waals surface area contributed by atoms with Crippen LogP contribution in [0, 0.1) is 0 Å². The van der Waals surface area contributed by atoms with Crippen LogP contribution in [0.4, 0.5) is 0 Å². The Bertz CT molecular complexity index is 624. The fourth-order valence-corrected chi connectivity index (χ4v) is 2.65. The molecule has 2 atom stereocenters. The predicted octanol–water partition coefficient (Wildman–Crippen LogP) is 3.58. The highest BCUT2D eigenvalue weighted by Crippen LogP contribution is 2.22. The molecule has 1 amide bonds.